The summed E-state index contributed by atoms with van der Waals surface area (Å²) < 4.78 is 16.9. The third kappa shape index (κ3) is 60.4. The molecule has 0 rings (SSSR count). The van der Waals surface area contributed by atoms with Crippen molar-refractivity contribution in [2.45, 2.75) is 361 Å². The minimum Gasteiger partial charge on any atom is -0.462 e. The zero-order valence-electron chi connectivity index (χ0n) is 49.2. The Balaban J connectivity index is 4.31. The van der Waals surface area contributed by atoms with Gasteiger partial charge in [0.05, 0.1) is 0 Å². The molecule has 0 saturated carbocycles. The van der Waals surface area contributed by atoms with Gasteiger partial charge < -0.3 is 14.2 Å². The predicted octanol–water partition coefficient (Wildman–Crippen LogP) is 22.0. The van der Waals surface area contributed by atoms with E-state index in [0.717, 1.165) is 77.0 Å². The van der Waals surface area contributed by atoms with Gasteiger partial charge in [0.2, 0.25) is 0 Å². The van der Waals surface area contributed by atoms with Crippen LogP contribution in [0.4, 0.5) is 0 Å². The van der Waals surface area contributed by atoms with Gasteiger partial charge in [-0.05, 0) is 77.0 Å². The van der Waals surface area contributed by atoms with E-state index in [1.54, 1.807) is 0 Å². The summed E-state index contributed by atoms with van der Waals surface area (Å²) in [6.07, 6.45) is 75.8. The molecular weight excluding hydrogens is 901 g/mol. The molecule has 0 amide bonds. The average molecular weight is 1030 g/mol. The highest BCUT2D eigenvalue weighted by atomic mass is 16.6. The summed E-state index contributed by atoms with van der Waals surface area (Å²) in [4.78, 5) is 38.3. The number of rotatable bonds is 60. The number of hydrogen-bond acceptors (Lipinski definition) is 6. The summed E-state index contributed by atoms with van der Waals surface area (Å²) >= 11 is 0. The first-order valence-corrected chi connectivity index (χ1v) is 32.5. The predicted molar refractivity (Wildman–Crippen MR) is 316 cm³/mol. The monoisotopic (exact) mass is 1020 g/mol. The molecule has 0 aliphatic rings. The van der Waals surface area contributed by atoms with E-state index >= 15 is 0 Å². The van der Waals surface area contributed by atoms with Crippen LogP contribution >= 0.6 is 0 Å². The molecular formula is C67H124O6. The van der Waals surface area contributed by atoms with Gasteiger partial charge in [-0.25, -0.2) is 0 Å². The van der Waals surface area contributed by atoms with Crippen molar-refractivity contribution in [1.82, 2.24) is 0 Å². The Kier molecular flexibility index (Phi) is 60.2. The van der Waals surface area contributed by atoms with E-state index in [9.17, 15) is 14.4 Å². The number of unbranched alkanes of at least 4 members (excludes halogenated alkanes) is 43. The number of carbonyl (C=O) groups is 3. The Hall–Kier alpha value is -2.37. The zero-order valence-corrected chi connectivity index (χ0v) is 49.2. The van der Waals surface area contributed by atoms with E-state index in [1.807, 2.05) is 0 Å². The molecule has 0 fully saturated rings. The highest BCUT2D eigenvalue weighted by Crippen LogP contribution is 2.18. The molecule has 0 spiro atoms. The van der Waals surface area contributed by atoms with Gasteiger partial charge in [-0.3, -0.25) is 14.4 Å². The maximum Gasteiger partial charge on any atom is 0.306 e. The van der Waals surface area contributed by atoms with Crippen molar-refractivity contribution >= 4 is 17.9 Å². The molecule has 0 aromatic heterocycles. The van der Waals surface area contributed by atoms with Gasteiger partial charge >= 0.3 is 17.9 Å². The number of carbonyl (C=O) groups excluding carboxylic acids is 3. The van der Waals surface area contributed by atoms with Crippen molar-refractivity contribution in [2.75, 3.05) is 13.2 Å². The van der Waals surface area contributed by atoms with Gasteiger partial charge in [0.1, 0.15) is 13.2 Å². The van der Waals surface area contributed by atoms with Crippen LogP contribution in [-0.2, 0) is 28.6 Å². The Morgan fingerprint density at radius 3 is 0.795 bits per heavy atom. The molecule has 0 N–H and O–H groups in total. The SMILES string of the molecule is CCCCC/C=C\C/C=C\CCCCCCCC(=O)OC[C@H](COC(=O)CCCCCCCCCCCCC/C=C\CCCCCCCC)OC(=O)CCCCCCCCCCCCCCCCCCCCC. The van der Waals surface area contributed by atoms with Gasteiger partial charge in [0.25, 0.3) is 0 Å². The van der Waals surface area contributed by atoms with Crippen LogP contribution in [0.3, 0.4) is 0 Å². The number of esters is 3. The number of allylic oxidation sites excluding steroid dienone is 6. The summed E-state index contributed by atoms with van der Waals surface area (Å²) in [5, 5.41) is 0. The Morgan fingerprint density at radius 2 is 0.493 bits per heavy atom. The van der Waals surface area contributed by atoms with Crippen LogP contribution in [0.2, 0.25) is 0 Å². The molecule has 0 aliphatic heterocycles. The maximum atomic E-state index is 12.9. The fourth-order valence-electron chi connectivity index (χ4n) is 9.71. The molecule has 0 aromatic rings. The summed E-state index contributed by atoms with van der Waals surface area (Å²) in [6, 6.07) is 0. The Labute approximate surface area is 455 Å². The highest BCUT2D eigenvalue weighted by Gasteiger charge is 2.19. The van der Waals surface area contributed by atoms with Crippen molar-refractivity contribution in [2.24, 2.45) is 0 Å². The van der Waals surface area contributed by atoms with Crippen LogP contribution < -0.4 is 0 Å². The topological polar surface area (TPSA) is 78.9 Å². The quantitative estimate of drug-likeness (QED) is 0.0261. The van der Waals surface area contributed by atoms with E-state index in [0.29, 0.717) is 19.3 Å². The molecule has 6 heteroatoms. The standard InChI is InChI=1S/C67H124O6/c1-4-7-10-13-16-19-22-25-28-30-32-33-35-36-39-42-45-48-51-54-57-60-66(69)72-63-64(62-71-65(68)59-56-53-50-47-44-41-38-27-24-21-18-15-12-9-6-3)73-67(70)61-58-55-52-49-46-43-40-37-34-31-29-26-23-20-17-14-11-8-5-2/h18,21,25,27-28,38,64H,4-17,19-20,22-24,26,29-37,39-63H2,1-3H3/b21-18-,28-25-,38-27-/t64-/m1/s1. The van der Waals surface area contributed by atoms with Gasteiger partial charge in [-0.15, -0.1) is 0 Å². The average Bonchev–Trinajstić information content (AvgIpc) is 3.39. The summed E-state index contributed by atoms with van der Waals surface area (Å²) in [5.74, 6) is -0.863. The molecule has 6 nitrogen and oxygen atoms in total. The minimum absolute atomic E-state index is 0.0727. The lowest BCUT2D eigenvalue weighted by molar-refractivity contribution is -0.167. The van der Waals surface area contributed by atoms with Crippen LogP contribution in [0.15, 0.2) is 36.5 Å². The molecule has 0 bridgehead atoms. The third-order valence-electron chi connectivity index (χ3n) is 14.6. The van der Waals surface area contributed by atoms with Crippen LogP contribution in [0.5, 0.6) is 0 Å². The molecule has 1 atom stereocenters. The Bertz CT molecular complexity index is 1220. The molecule has 0 unspecified atom stereocenters. The first-order chi connectivity index (χ1) is 36.0. The molecule has 0 aromatic carbocycles. The van der Waals surface area contributed by atoms with E-state index in [-0.39, 0.29) is 31.1 Å². The molecule has 0 saturated heterocycles. The second-order valence-electron chi connectivity index (χ2n) is 22.0. The summed E-state index contributed by atoms with van der Waals surface area (Å²) in [5.41, 5.74) is 0. The van der Waals surface area contributed by atoms with E-state index in [1.165, 1.54) is 238 Å². The van der Waals surface area contributed by atoms with Crippen LogP contribution in [0.1, 0.15) is 355 Å². The second kappa shape index (κ2) is 62.2. The minimum atomic E-state index is -0.776. The van der Waals surface area contributed by atoms with E-state index in [2.05, 4.69) is 57.2 Å². The third-order valence-corrected chi connectivity index (χ3v) is 14.6. The van der Waals surface area contributed by atoms with Crippen molar-refractivity contribution in [3.8, 4) is 0 Å². The summed E-state index contributed by atoms with van der Waals surface area (Å²) in [7, 11) is 0. The molecule has 73 heavy (non-hydrogen) atoms. The van der Waals surface area contributed by atoms with Gasteiger partial charge in [0, 0.05) is 19.3 Å². The maximum absolute atomic E-state index is 12.9. The largest absolute Gasteiger partial charge is 0.462 e. The van der Waals surface area contributed by atoms with Crippen LogP contribution in [-0.4, -0.2) is 37.2 Å². The molecule has 428 valence electrons. The van der Waals surface area contributed by atoms with Crippen molar-refractivity contribution in [1.29, 1.82) is 0 Å². The van der Waals surface area contributed by atoms with Gasteiger partial charge in [-0.1, -0.05) is 295 Å². The van der Waals surface area contributed by atoms with Crippen molar-refractivity contribution in [3.63, 3.8) is 0 Å². The zero-order chi connectivity index (χ0) is 52.9. The lowest BCUT2D eigenvalue weighted by atomic mass is 10.0. The first-order valence-electron chi connectivity index (χ1n) is 32.5. The van der Waals surface area contributed by atoms with Gasteiger partial charge in [-0.2, -0.15) is 0 Å². The fourth-order valence-corrected chi connectivity index (χ4v) is 9.71. The highest BCUT2D eigenvalue weighted by molar-refractivity contribution is 5.71. The van der Waals surface area contributed by atoms with Crippen molar-refractivity contribution < 1.29 is 28.6 Å². The summed E-state index contributed by atoms with van der Waals surface area (Å²) in [6.45, 7) is 6.66. The lowest BCUT2D eigenvalue weighted by Crippen LogP contribution is -2.30. The molecule has 0 radical (unpaired) electrons. The molecule has 0 heterocycles. The lowest BCUT2D eigenvalue weighted by Gasteiger charge is -2.18. The second-order valence-corrected chi connectivity index (χ2v) is 22.0. The first kappa shape index (κ1) is 70.6. The fraction of sp³-hybridized carbons (Fsp3) is 0.866. The van der Waals surface area contributed by atoms with Crippen molar-refractivity contribution in [3.05, 3.63) is 36.5 Å². The normalized spacial score (nSPS) is 12.2. The molecule has 0 aliphatic carbocycles. The van der Waals surface area contributed by atoms with E-state index < -0.39 is 6.10 Å². The van der Waals surface area contributed by atoms with Crippen LogP contribution in [0, 0.1) is 0 Å². The van der Waals surface area contributed by atoms with Gasteiger partial charge in [0.15, 0.2) is 6.10 Å². The van der Waals surface area contributed by atoms with Crippen LogP contribution in [0.25, 0.3) is 0 Å². The Morgan fingerprint density at radius 1 is 0.274 bits per heavy atom. The van der Waals surface area contributed by atoms with E-state index in [4.69, 9.17) is 14.2 Å². The number of hydrogen-bond donors (Lipinski definition) is 0. The number of ether oxygens (including phenoxy) is 3. The smallest absolute Gasteiger partial charge is 0.306 e.